The molecule has 290 valence electrons. The largest absolute Gasteiger partial charge is 0.447 e. The molecule has 0 aliphatic heterocycles. The number of aromatic nitrogens is 5. The van der Waals surface area contributed by atoms with Gasteiger partial charge in [-0.3, -0.25) is 19.8 Å². The maximum Gasteiger partial charge on any atom is 0.411 e. The molecule has 1 saturated carbocycles. The zero-order chi connectivity index (χ0) is 40.5. The third-order valence-corrected chi connectivity index (χ3v) is 9.19. The summed E-state index contributed by atoms with van der Waals surface area (Å²) in [4.78, 5) is 32.7. The van der Waals surface area contributed by atoms with Gasteiger partial charge in [0.05, 0.1) is 17.3 Å². The minimum absolute atomic E-state index is 0.00695. The Bertz CT molecular complexity index is 2030. The van der Waals surface area contributed by atoms with Crippen molar-refractivity contribution in [2.45, 2.75) is 68.3 Å². The number of nitrogens with zero attached hydrogens (tertiary/aromatic N) is 6. The first kappa shape index (κ1) is 41.2. The molecule has 5 rings (SSSR count). The Morgan fingerprint density at radius 3 is 2.29 bits per heavy atom. The normalized spacial score (nSPS) is 14.7. The Hall–Kier alpha value is -4.94. The van der Waals surface area contributed by atoms with Gasteiger partial charge in [0, 0.05) is 29.4 Å². The summed E-state index contributed by atoms with van der Waals surface area (Å²) < 4.78 is 89.3. The van der Waals surface area contributed by atoms with Crippen LogP contribution in [-0.2, 0) is 9.97 Å². The summed E-state index contributed by atoms with van der Waals surface area (Å²) >= 11 is 6.66. The van der Waals surface area contributed by atoms with Gasteiger partial charge < -0.3 is 15.4 Å². The number of halogens is 7. The lowest BCUT2D eigenvalue weighted by Gasteiger charge is -2.33. The molecular formula is C33H37B3ClF6N9O3. The first-order chi connectivity index (χ1) is 25.6. The van der Waals surface area contributed by atoms with Crippen LogP contribution in [0.1, 0.15) is 61.6 Å². The van der Waals surface area contributed by atoms with Crippen LogP contribution in [0.25, 0.3) is 22.5 Å². The molecule has 1 fully saturated rings. The first-order valence-corrected chi connectivity index (χ1v) is 17.5. The van der Waals surface area contributed by atoms with E-state index >= 15 is 0 Å². The van der Waals surface area contributed by atoms with Crippen molar-refractivity contribution in [2.75, 3.05) is 13.2 Å². The fraction of sp³-hybridized carbons (Fsp3) is 0.394. The smallest absolute Gasteiger partial charge is 0.411 e. The van der Waals surface area contributed by atoms with Crippen molar-refractivity contribution in [1.29, 1.82) is 5.41 Å². The summed E-state index contributed by atoms with van der Waals surface area (Å²) in [5.74, 6) is -1.04. The second-order valence-electron chi connectivity index (χ2n) is 14.7. The first-order valence-electron chi connectivity index (χ1n) is 17.1. The molecule has 2 aromatic heterocycles. The van der Waals surface area contributed by atoms with Crippen molar-refractivity contribution >= 4 is 53.1 Å². The molecule has 55 heavy (non-hydrogen) atoms. The molecule has 0 bridgehead atoms. The van der Waals surface area contributed by atoms with E-state index in [-0.39, 0.29) is 42.0 Å². The van der Waals surface area contributed by atoms with Gasteiger partial charge in [0.25, 0.3) is 5.91 Å². The fourth-order valence-corrected chi connectivity index (χ4v) is 5.85. The lowest BCUT2D eigenvalue weighted by atomic mass is 9.49. The molecule has 22 heteroatoms. The van der Waals surface area contributed by atoms with Crippen LogP contribution >= 0.6 is 11.6 Å². The van der Waals surface area contributed by atoms with Crippen molar-refractivity contribution in [2.24, 2.45) is 0 Å². The fourth-order valence-electron chi connectivity index (χ4n) is 5.65. The monoisotopic (exact) mass is 789 g/mol. The highest BCUT2D eigenvalue weighted by molar-refractivity contribution is 6.56. The van der Waals surface area contributed by atoms with Crippen molar-refractivity contribution in [3.05, 3.63) is 77.3 Å². The molecule has 3 N–H and O–H groups in total. The topological polar surface area (TPSA) is 143 Å². The Morgan fingerprint density at radius 1 is 1.05 bits per heavy atom. The maximum absolute atomic E-state index is 14.5. The van der Waals surface area contributed by atoms with E-state index in [1.54, 1.807) is 10.7 Å². The number of hydrogen-bond donors (Lipinski definition) is 3. The Balaban J connectivity index is 1.57. The molecule has 0 saturated heterocycles. The third kappa shape index (κ3) is 9.66. The molecule has 2 amide bonds. The van der Waals surface area contributed by atoms with Crippen LogP contribution in [-0.4, -0.2) is 101 Å². The van der Waals surface area contributed by atoms with Crippen molar-refractivity contribution in [1.82, 2.24) is 40.1 Å². The minimum Gasteiger partial charge on any atom is -0.447 e. The van der Waals surface area contributed by atoms with Crippen LogP contribution in [0.4, 0.5) is 31.1 Å². The highest BCUT2D eigenvalue weighted by atomic mass is 35.5. The van der Waals surface area contributed by atoms with Gasteiger partial charge >= 0.3 is 18.8 Å². The summed E-state index contributed by atoms with van der Waals surface area (Å²) in [6.07, 6.45) is -3.21. The van der Waals surface area contributed by atoms with Gasteiger partial charge in [-0.1, -0.05) is 29.8 Å². The average Bonchev–Trinajstić information content (AvgIpc) is 3.47. The predicted octanol–water partition coefficient (Wildman–Crippen LogP) is 3.99. The van der Waals surface area contributed by atoms with E-state index < -0.39 is 59.8 Å². The van der Waals surface area contributed by atoms with Gasteiger partial charge in [0.15, 0.2) is 11.8 Å². The molecule has 4 aromatic rings. The zero-order valence-corrected chi connectivity index (χ0v) is 31.3. The SMILES string of the molecule is BC(B)(B)n1ncnc1-c1cc([C@@H](COC(=O)NC2(C(F)(F)F)CC2)N(C(=N)NCCC(C)(C)F)C(=O)c2ccc(-c3cnn(C(F)F)c3)cc2)ccc1Cl. The Morgan fingerprint density at radius 2 is 1.73 bits per heavy atom. The number of rotatable bonds is 13. The van der Waals surface area contributed by atoms with E-state index in [1.807, 2.05) is 28.9 Å². The molecule has 2 heterocycles. The quantitative estimate of drug-likeness (QED) is 0.0806. The van der Waals surface area contributed by atoms with Crippen molar-refractivity contribution in [3.8, 4) is 22.5 Å². The minimum atomic E-state index is -4.73. The van der Waals surface area contributed by atoms with Crippen molar-refractivity contribution < 1.29 is 40.7 Å². The van der Waals surface area contributed by atoms with Crippen LogP contribution in [0.3, 0.4) is 0 Å². The number of guanidine groups is 1. The number of ether oxygens (including phenoxy) is 1. The summed E-state index contributed by atoms with van der Waals surface area (Å²) in [6, 6.07) is 8.86. The third-order valence-electron chi connectivity index (χ3n) is 8.86. The second-order valence-corrected chi connectivity index (χ2v) is 15.1. The van der Waals surface area contributed by atoms with E-state index in [9.17, 15) is 35.9 Å². The highest BCUT2D eigenvalue weighted by Gasteiger charge is 2.64. The lowest BCUT2D eigenvalue weighted by molar-refractivity contribution is -0.164. The van der Waals surface area contributed by atoms with Crippen LogP contribution in [0.5, 0.6) is 0 Å². The summed E-state index contributed by atoms with van der Waals surface area (Å²) in [6.45, 7) is -1.05. The van der Waals surface area contributed by atoms with E-state index in [0.29, 0.717) is 27.2 Å². The summed E-state index contributed by atoms with van der Waals surface area (Å²) in [5, 5.41) is 21.3. The average molecular weight is 790 g/mol. The Kier molecular flexibility index (Phi) is 11.7. The summed E-state index contributed by atoms with van der Waals surface area (Å²) in [5.41, 5.74) is -2.76. The number of carbonyl (C=O) groups is 2. The second kappa shape index (κ2) is 15.7. The van der Waals surface area contributed by atoms with Gasteiger partial charge in [-0.25, -0.2) is 18.9 Å². The van der Waals surface area contributed by atoms with Gasteiger partial charge in [-0.05, 0) is 73.7 Å². The highest BCUT2D eigenvalue weighted by Crippen LogP contribution is 2.49. The van der Waals surface area contributed by atoms with E-state index in [2.05, 4.69) is 20.5 Å². The number of nitrogens with one attached hydrogen (secondary N) is 3. The molecule has 1 atom stereocenters. The standard InChI is InChI=1S/C33H37B3ClF6N9O3/c1-30(2,40)11-12-45-28(44)51(26(53)19-5-3-18(4-6-19)21-14-47-50(15-21)27(38)39)24(16-55-29(54)49-31(9-10-31)32(41,42)43)20-7-8-23(37)22(13-20)25-46-17-48-52(25)33(34,35)36/h3-8,13-15,17,24,27H,9-12,16,34-36H2,1-2H3,(H2,44,45)(H,49,54)/t24-/m1/s1. The van der Waals surface area contributed by atoms with Gasteiger partial charge in [-0.2, -0.15) is 32.1 Å². The zero-order valence-electron chi connectivity index (χ0n) is 30.5. The predicted molar refractivity (Wildman–Crippen MR) is 200 cm³/mol. The van der Waals surface area contributed by atoms with Crippen LogP contribution in [0.2, 0.25) is 5.02 Å². The van der Waals surface area contributed by atoms with E-state index in [1.165, 1.54) is 62.8 Å². The molecule has 1 aliphatic rings. The Labute approximate surface area is 320 Å². The maximum atomic E-state index is 14.5. The van der Waals surface area contributed by atoms with Crippen LogP contribution in [0, 0.1) is 5.41 Å². The van der Waals surface area contributed by atoms with E-state index in [4.69, 9.17) is 21.7 Å². The number of hydrogen-bond acceptors (Lipinski definition) is 7. The molecule has 0 radical (unpaired) electrons. The van der Waals surface area contributed by atoms with Gasteiger partial charge in [0.1, 0.15) is 47.7 Å². The molecule has 0 spiro atoms. The van der Waals surface area contributed by atoms with E-state index in [0.717, 1.165) is 11.1 Å². The van der Waals surface area contributed by atoms with Crippen LogP contribution in [0.15, 0.2) is 61.2 Å². The molecule has 0 unspecified atom stereocenters. The number of alkyl halides is 6. The molecule has 2 aromatic carbocycles. The molecular weight excluding hydrogens is 752 g/mol. The van der Waals surface area contributed by atoms with Gasteiger partial charge in [-0.15, -0.1) is 0 Å². The van der Waals surface area contributed by atoms with Gasteiger partial charge in [0.2, 0.25) is 0 Å². The number of carbonyl (C=O) groups excluding carboxylic acids is 2. The number of alkyl carbamates (subject to hydrolysis) is 1. The lowest BCUT2D eigenvalue weighted by Crippen LogP contribution is -2.50. The number of benzene rings is 2. The summed E-state index contributed by atoms with van der Waals surface area (Å²) in [7, 11) is 5.65. The molecule has 12 nitrogen and oxygen atoms in total. The van der Waals surface area contributed by atoms with Crippen LogP contribution < -0.4 is 10.6 Å². The number of amides is 2. The van der Waals surface area contributed by atoms with Crippen molar-refractivity contribution in [3.63, 3.8) is 0 Å². The molecule has 1 aliphatic carbocycles.